The van der Waals surface area contributed by atoms with Gasteiger partial charge in [-0.15, -0.1) is 0 Å². The van der Waals surface area contributed by atoms with Gasteiger partial charge in [0.05, 0.1) is 7.11 Å². The fourth-order valence-corrected chi connectivity index (χ4v) is 3.62. The number of pyridine rings is 4. The van der Waals surface area contributed by atoms with Gasteiger partial charge in [-0.1, -0.05) is 12.1 Å². The van der Waals surface area contributed by atoms with E-state index >= 15 is 0 Å². The Labute approximate surface area is 222 Å². The molecule has 0 aliphatic rings. The van der Waals surface area contributed by atoms with Gasteiger partial charge in [-0.05, 0) is 55.8 Å². The van der Waals surface area contributed by atoms with Gasteiger partial charge in [0.2, 0.25) is 0 Å². The van der Waals surface area contributed by atoms with Crippen LogP contribution in [-0.2, 0) is 11.3 Å². The van der Waals surface area contributed by atoms with Crippen LogP contribution in [0.25, 0.3) is 21.8 Å². The van der Waals surface area contributed by atoms with Crippen LogP contribution in [0.15, 0.2) is 60.9 Å². The first-order valence-corrected chi connectivity index (χ1v) is 11.7. The molecule has 5 rings (SSSR count). The molecule has 0 saturated carbocycles. The number of ether oxygens (including phenoxy) is 1. The Bertz CT molecular complexity index is 1690. The minimum Gasteiger partial charge on any atom is -0.504 e. The maximum Gasteiger partial charge on any atom is 0.360 e. The summed E-state index contributed by atoms with van der Waals surface area (Å²) in [6.07, 6.45) is 2.97. The highest BCUT2D eigenvalue weighted by molar-refractivity contribution is 6.00. The van der Waals surface area contributed by atoms with E-state index in [-0.39, 0.29) is 35.2 Å². The average molecular weight is 530 g/mol. The van der Waals surface area contributed by atoms with E-state index in [9.17, 15) is 24.2 Å². The predicted molar refractivity (Wildman–Crippen MR) is 141 cm³/mol. The van der Waals surface area contributed by atoms with Gasteiger partial charge in [0.1, 0.15) is 16.9 Å². The van der Waals surface area contributed by atoms with Crippen LogP contribution < -0.4 is 5.32 Å². The molecule has 0 atom stereocenters. The number of aromatic hydroxyl groups is 2. The van der Waals surface area contributed by atoms with Gasteiger partial charge in [0.25, 0.3) is 5.91 Å². The topological polar surface area (TPSA) is 147 Å². The Kier molecular flexibility index (Phi) is 7.90. The number of carbonyl (C=O) groups excluding carboxylic acids is 2. The van der Waals surface area contributed by atoms with Crippen LogP contribution in [-0.4, -0.2) is 49.1 Å². The molecule has 0 fully saturated rings. The Balaban J connectivity index is 0.000000193. The number of benzene rings is 1. The lowest BCUT2D eigenvalue weighted by Gasteiger charge is -2.08. The van der Waals surface area contributed by atoms with E-state index < -0.39 is 11.9 Å². The molecule has 0 unspecified atom stereocenters. The predicted octanol–water partition coefficient (Wildman–Crippen LogP) is 4.14. The van der Waals surface area contributed by atoms with Crippen molar-refractivity contribution in [1.82, 2.24) is 25.3 Å². The van der Waals surface area contributed by atoms with Gasteiger partial charge in [-0.2, -0.15) is 0 Å². The third-order valence-corrected chi connectivity index (χ3v) is 5.65. The fraction of sp³-hybridized carbons (Fsp3) is 0.143. The standard InChI is InChI=1S/C17H14FN3O2.C11H10N2O3/c1-10-2-5-12-9-19-15(16(22)14(12)21-10)17(23)20-8-11-3-6-13(18)7-4-11;1-6-3-4-7-5-12-9(11(15)16-2)10(14)8(7)13-6/h2-7,9,22H,8H2,1H3,(H,20,23);3-5,14H,1-2H3. The van der Waals surface area contributed by atoms with E-state index in [1.54, 1.807) is 50.2 Å². The molecule has 3 N–H and O–H groups in total. The van der Waals surface area contributed by atoms with Crippen molar-refractivity contribution in [3.63, 3.8) is 0 Å². The summed E-state index contributed by atoms with van der Waals surface area (Å²) in [5, 5.41) is 24.1. The van der Waals surface area contributed by atoms with Crippen molar-refractivity contribution in [2.75, 3.05) is 7.11 Å². The van der Waals surface area contributed by atoms with E-state index in [1.165, 1.54) is 31.6 Å². The van der Waals surface area contributed by atoms with Crippen LogP contribution >= 0.6 is 0 Å². The summed E-state index contributed by atoms with van der Waals surface area (Å²) in [4.78, 5) is 39.7. The smallest absolute Gasteiger partial charge is 0.360 e. The van der Waals surface area contributed by atoms with Gasteiger partial charge in [-0.25, -0.2) is 29.1 Å². The molecule has 198 valence electrons. The number of methoxy groups -OCH3 is 1. The molecule has 0 aliphatic heterocycles. The number of hydrogen-bond donors (Lipinski definition) is 3. The number of rotatable bonds is 4. The van der Waals surface area contributed by atoms with Gasteiger partial charge >= 0.3 is 5.97 Å². The maximum absolute atomic E-state index is 12.8. The Hall–Kier alpha value is -5.19. The van der Waals surface area contributed by atoms with Gasteiger partial charge < -0.3 is 20.3 Å². The number of halogens is 1. The van der Waals surface area contributed by atoms with E-state index in [4.69, 9.17) is 0 Å². The molecular formula is C28H24FN5O5. The van der Waals surface area contributed by atoms with Crippen LogP contribution in [0.1, 0.15) is 37.9 Å². The second-order valence-electron chi connectivity index (χ2n) is 8.49. The van der Waals surface area contributed by atoms with Crippen LogP contribution in [0.4, 0.5) is 4.39 Å². The zero-order valence-corrected chi connectivity index (χ0v) is 21.3. The van der Waals surface area contributed by atoms with Crippen LogP contribution in [0, 0.1) is 19.7 Å². The van der Waals surface area contributed by atoms with Crippen molar-refractivity contribution in [2.45, 2.75) is 20.4 Å². The SMILES string of the molecule is COC(=O)c1ncc2ccc(C)nc2c1O.Cc1ccc2cnc(C(=O)NCc3ccc(F)cc3)c(O)c2n1. The quantitative estimate of drug-likeness (QED) is 0.292. The summed E-state index contributed by atoms with van der Waals surface area (Å²) >= 11 is 0. The summed E-state index contributed by atoms with van der Waals surface area (Å²) < 4.78 is 17.4. The molecule has 39 heavy (non-hydrogen) atoms. The molecule has 5 aromatic rings. The number of hydrogen-bond acceptors (Lipinski definition) is 9. The molecule has 1 amide bonds. The average Bonchev–Trinajstić information content (AvgIpc) is 2.93. The van der Waals surface area contributed by atoms with Gasteiger partial charge in [0, 0.05) is 41.1 Å². The molecule has 11 heteroatoms. The number of esters is 1. The number of fused-ring (bicyclic) bond motifs is 2. The molecule has 1 aromatic carbocycles. The molecular weight excluding hydrogens is 505 g/mol. The first kappa shape index (κ1) is 26.9. The zero-order chi connectivity index (χ0) is 28.1. The van der Waals surface area contributed by atoms with Crippen LogP contribution in [0.2, 0.25) is 0 Å². The molecule has 4 heterocycles. The summed E-state index contributed by atoms with van der Waals surface area (Å²) in [7, 11) is 1.23. The fourth-order valence-electron chi connectivity index (χ4n) is 3.62. The van der Waals surface area contributed by atoms with Gasteiger partial charge in [0.15, 0.2) is 22.9 Å². The molecule has 0 radical (unpaired) electrons. The summed E-state index contributed by atoms with van der Waals surface area (Å²) in [6, 6.07) is 13.0. The summed E-state index contributed by atoms with van der Waals surface area (Å²) in [5.74, 6) is -2.02. The van der Waals surface area contributed by atoms with Gasteiger partial charge in [-0.3, -0.25) is 4.79 Å². The lowest BCUT2D eigenvalue weighted by Crippen LogP contribution is -2.24. The van der Waals surface area contributed by atoms with Crippen molar-refractivity contribution >= 4 is 33.7 Å². The zero-order valence-electron chi connectivity index (χ0n) is 21.3. The Morgan fingerprint density at radius 2 is 1.33 bits per heavy atom. The number of nitrogens with zero attached hydrogens (tertiary/aromatic N) is 4. The molecule has 0 aliphatic carbocycles. The third-order valence-electron chi connectivity index (χ3n) is 5.65. The van der Waals surface area contributed by atoms with Crippen molar-refractivity contribution < 1.29 is 28.9 Å². The van der Waals surface area contributed by atoms with Crippen molar-refractivity contribution in [3.05, 3.63) is 95.1 Å². The minimum atomic E-state index is -0.678. The number of aromatic nitrogens is 4. The largest absolute Gasteiger partial charge is 0.504 e. The van der Waals surface area contributed by atoms with E-state index in [1.807, 2.05) is 0 Å². The summed E-state index contributed by atoms with van der Waals surface area (Å²) in [6.45, 7) is 3.81. The molecule has 0 saturated heterocycles. The second-order valence-corrected chi connectivity index (χ2v) is 8.49. The first-order chi connectivity index (χ1) is 18.7. The Morgan fingerprint density at radius 1 is 0.821 bits per heavy atom. The highest BCUT2D eigenvalue weighted by atomic mass is 19.1. The second kappa shape index (κ2) is 11.5. The lowest BCUT2D eigenvalue weighted by molar-refractivity contribution is 0.0590. The van der Waals surface area contributed by atoms with Crippen LogP contribution in [0.3, 0.4) is 0 Å². The van der Waals surface area contributed by atoms with Crippen molar-refractivity contribution in [2.24, 2.45) is 0 Å². The molecule has 0 bridgehead atoms. The maximum atomic E-state index is 12.8. The minimum absolute atomic E-state index is 0.0855. The molecule has 0 spiro atoms. The number of carbonyl (C=O) groups is 2. The highest BCUT2D eigenvalue weighted by Gasteiger charge is 2.18. The monoisotopic (exact) mass is 529 g/mol. The third kappa shape index (κ3) is 6.04. The molecule has 10 nitrogen and oxygen atoms in total. The van der Waals surface area contributed by atoms with Crippen molar-refractivity contribution in [3.8, 4) is 11.5 Å². The number of nitrogens with one attached hydrogen (secondary N) is 1. The van der Waals surface area contributed by atoms with E-state index in [0.29, 0.717) is 21.8 Å². The Morgan fingerprint density at radius 3 is 1.87 bits per heavy atom. The number of amides is 1. The highest BCUT2D eigenvalue weighted by Crippen LogP contribution is 2.26. The van der Waals surface area contributed by atoms with Crippen LogP contribution in [0.5, 0.6) is 11.5 Å². The van der Waals surface area contributed by atoms with E-state index in [0.717, 1.165) is 17.0 Å². The summed E-state index contributed by atoms with van der Waals surface area (Å²) in [5.41, 5.74) is 2.73. The number of aryl methyl sites for hydroxylation is 2. The molecule has 4 aromatic heterocycles. The lowest BCUT2D eigenvalue weighted by atomic mass is 10.2. The normalized spacial score (nSPS) is 10.6. The first-order valence-electron chi connectivity index (χ1n) is 11.7. The van der Waals surface area contributed by atoms with Crippen molar-refractivity contribution in [1.29, 1.82) is 0 Å². The van der Waals surface area contributed by atoms with E-state index in [2.05, 4.69) is 30.0 Å².